The van der Waals surface area contributed by atoms with Crippen molar-refractivity contribution in [2.45, 2.75) is 26.2 Å². The monoisotopic (exact) mass is 308 g/mol. The molecule has 1 aromatic carbocycles. The Bertz CT molecular complexity index is 432. The van der Waals surface area contributed by atoms with E-state index in [1.807, 2.05) is 38.4 Å². The van der Waals surface area contributed by atoms with E-state index in [-0.39, 0.29) is 6.42 Å². The Morgan fingerprint density at radius 2 is 1.82 bits per heavy atom. The highest BCUT2D eigenvalue weighted by Gasteiger charge is 2.09. The summed E-state index contributed by atoms with van der Waals surface area (Å²) in [7, 11) is 4.03. The molecule has 0 amide bonds. The zero-order valence-corrected chi connectivity index (χ0v) is 13.9. The number of rotatable bonds is 11. The van der Waals surface area contributed by atoms with E-state index in [9.17, 15) is 4.79 Å². The van der Waals surface area contributed by atoms with E-state index in [2.05, 4.69) is 16.7 Å². The minimum Gasteiger partial charge on any atom is -0.494 e. The highest BCUT2D eigenvalue weighted by Crippen LogP contribution is 2.20. The van der Waals surface area contributed by atoms with Crippen molar-refractivity contribution in [3.05, 3.63) is 24.3 Å². The minimum absolute atomic E-state index is 0.141. The molecule has 0 aliphatic rings. The number of anilines is 1. The molecule has 0 aliphatic carbocycles. The number of nitrogens with zero attached hydrogens (tertiary/aromatic N) is 2. The molecule has 0 heterocycles. The largest absolute Gasteiger partial charge is 0.494 e. The molecule has 0 radical (unpaired) electrons. The van der Waals surface area contributed by atoms with Gasteiger partial charge in [0.25, 0.3) is 0 Å². The third-order valence-corrected chi connectivity index (χ3v) is 3.38. The highest BCUT2D eigenvalue weighted by molar-refractivity contribution is 5.67. The van der Waals surface area contributed by atoms with Gasteiger partial charge in [-0.2, -0.15) is 0 Å². The van der Waals surface area contributed by atoms with E-state index in [0.717, 1.165) is 44.0 Å². The summed E-state index contributed by atoms with van der Waals surface area (Å²) in [4.78, 5) is 15.0. The summed E-state index contributed by atoms with van der Waals surface area (Å²) in [5, 5.41) is 8.89. The molecule has 0 saturated heterocycles. The summed E-state index contributed by atoms with van der Waals surface area (Å²) < 4.78 is 5.66. The second kappa shape index (κ2) is 10.1. The Hall–Kier alpha value is -1.75. The van der Waals surface area contributed by atoms with E-state index < -0.39 is 5.97 Å². The van der Waals surface area contributed by atoms with E-state index >= 15 is 0 Å². The molecule has 0 spiro atoms. The van der Waals surface area contributed by atoms with Gasteiger partial charge in [-0.05, 0) is 44.8 Å². The van der Waals surface area contributed by atoms with Crippen molar-refractivity contribution >= 4 is 11.7 Å². The number of carbonyl (C=O) groups is 1. The fourth-order valence-corrected chi connectivity index (χ4v) is 2.01. The van der Waals surface area contributed by atoms with Crippen LogP contribution in [0.5, 0.6) is 5.75 Å². The van der Waals surface area contributed by atoms with Crippen LogP contribution in [0.1, 0.15) is 26.2 Å². The minimum atomic E-state index is -0.769. The lowest BCUT2D eigenvalue weighted by atomic mass is 10.2. The van der Waals surface area contributed by atoms with Gasteiger partial charge in [0.2, 0.25) is 0 Å². The van der Waals surface area contributed by atoms with Crippen LogP contribution in [0.2, 0.25) is 0 Å². The summed E-state index contributed by atoms with van der Waals surface area (Å²) in [6, 6.07) is 7.90. The number of hydrogen-bond acceptors (Lipinski definition) is 4. The normalized spacial score (nSPS) is 10.7. The third kappa shape index (κ3) is 7.31. The molecule has 0 unspecified atom stereocenters. The molecule has 0 aliphatic heterocycles. The molecule has 0 bridgehead atoms. The first-order valence-electron chi connectivity index (χ1n) is 7.87. The molecule has 0 atom stereocenters. The summed E-state index contributed by atoms with van der Waals surface area (Å²) in [6.45, 7) is 5.07. The Morgan fingerprint density at radius 3 is 2.36 bits per heavy atom. The van der Waals surface area contributed by atoms with E-state index in [0.29, 0.717) is 6.54 Å². The second-order valence-corrected chi connectivity index (χ2v) is 5.63. The summed E-state index contributed by atoms with van der Waals surface area (Å²) in [6.07, 6.45) is 2.31. The topological polar surface area (TPSA) is 53.0 Å². The summed E-state index contributed by atoms with van der Waals surface area (Å²) >= 11 is 0. The summed E-state index contributed by atoms with van der Waals surface area (Å²) in [5.41, 5.74) is 1.03. The second-order valence-electron chi connectivity index (χ2n) is 5.63. The number of unbranched alkanes of at least 4 members (excludes halogenated alkanes) is 1. The Kier molecular flexibility index (Phi) is 8.36. The van der Waals surface area contributed by atoms with Crippen LogP contribution in [0, 0.1) is 0 Å². The molecule has 5 nitrogen and oxygen atoms in total. The molecule has 124 valence electrons. The Morgan fingerprint density at radius 1 is 1.14 bits per heavy atom. The van der Waals surface area contributed by atoms with Gasteiger partial charge in [-0.25, -0.2) is 0 Å². The van der Waals surface area contributed by atoms with Crippen molar-refractivity contribution in [3.8, 4) is 5.75 Å². The Labute approximate surface area is 133 Å². The van der Waals surface area contributed by atoms with Crippen molar-refractivity contribution in [2.75, 3.05) is 45.2 Å². The highest BCUT2D eigenvalue weighted by atomic mass is 16.5. The van der Waals surface area contributed by atoms with E-state index in [4.69, 9.17) is 9.84 Å². The van der Waals surface area contributed by atoms with E-state index in [1.165, 1.54) is 0 Å². The van der Waals surface area contributed by atoms with Crippen molar-refractivity contribution in [1.29, 1.82) is 0 Å². The average Bonchev–Trinajstić information content (AvgIpc) is 2.48. The first kappa shape index (κ1) is 18.3. The van der Waals surface area contributed by atoms with Crippen LogP contribution < -0.4 is 9.64 Å². The maximum absolute atomic E-state index is 10.8. The van der Waals surface area contributed by atoms with Gasteiger partial charge in [-0.15, -0.1) is 0 Å². The Balaban J connectivity index is 2.64. The predicted molar refractivity (Wildman–Crippen MR) is 89.9 cm³/mol. The molecule has 1 aromatic rings. The van der Waals surface area contributed by atoms with Gasteiger partial charge in [-0.1, -0.05) is 13.3 Å². The van der Waals surface area contributed by atoms with Gasteiger partial charge in [0, 0.05) is 25.3 Å². The van der Waals surface area contributed by atoms with Crippen LogP contribution in [-0.2, 0) is 4.79 Å². The van der Waals surface area contributed by atoms with Gasteiger partial charge in [0.05, 0.1) is 13.0 Å². The number of hydrogen-bond donors (Lipinski definition) is 1. The van der Waals surface area contributed by atoms with Crippen LogP contribution in [-0.4, -0.2) is 56.3 Å². The van der Waals surface area contributed by atoms with Crippen LogP contribution in [0.15, 0.2) is 24.3 Å². The first-order valence-corrected chi connectivity index (χ1v) is 7.87. The average molecular weight is 308 g/mol. The van der Waals surface area contributed by atoms with Crippen molar-refractivity contribution < 1.29 is 14.6 Å². The van der Waals surface area contributed by atoms with Gasteiger partial charge < -0.3 is 19.6 Å². The molecule has 22 heavy (non-hydrogen) atoms. The van der Waals surface area contributed by atoms with Crippen LogP contribution in [0.25, 0.3) is 0 Å². The molecular formula is C17H28N2O3. The van der Waals surface area contributed by atoms with Gasteiger partial charge in [0.1, 0.15) is 5.75 Å². The van der Waals surface area contributed by atoms with E-state index in [1.54, 1.807) is 0 Å². The predicted octanol–water partition coefficient (Wildman–Crippen LogP) is 2.71. The zero-order valence-electron chi connectivity index (χ0n) is 13.9. The number of carboxylic acids is 1. The zero-order chi connectivity index (χ0) is 16.4. The molecule has 0 aromatic heterocycles. The lowest BCUT2D eigenvalue weighted by Gasteiger charge is -2.26. The van der Waals surface area contributed by atoms with Crippen molar-refractivity contribution in [3.63, 3.8) is 0 Å². The number of aliphatic carboxylic acids is 1. The molecular weight excluding hydrogens is 280 g/mol. The van der Waals surface area contributed by atoms with Crippen LogP contribution in [0.3, 0.4) is 0 Å². The number of likely N-dealkylation sites (N-methyl/N-ethyl adjacent to an activating group) is 1. The molecule has 0 saturated carbocycles. The first-order chi connectivity index (χ1) is 10.5. The van der Waals surface area contributed by atoms with Crippen LogP contribution in [0.4, 0.5) is 5.69 Å². The fourth-order valence-electron chi connectivity index (χ4n) is 2.01. The number of ether oxygens (including phenoxy) is 1. The standard InChI is InChI=1S/C17H28N2O3/c1-4-5-14-22-16-8-6-15(7-9-16)19(11-10-17(20)21)13-12-18(2)3/h6-9H,4-5,10-14H2,1-3H3,(H,20,21). The maximum Gasteiger partial charge on any atom is 0.305 e. The maximum atomic E-state index is 10.8. The van der Waals surface area contributed by atoms with Crippen molar-refractivity contribution in [2.24, 2.45) is 0 Å². The third-order valence-electron chi connectivity index (χ3n) is 3.38. The van der Waals surface area contributed by atoms with Crippen LogP contribution >= 0.6 is 0 Å². The molecule has 0 fully saturated rings. The quantitative estimate of drug-likeness (QED) is 0.637. The smallest absolute Gasteiger partial charge is 0.305 e. The van der Waals surface area contributed by atoms with Gasteiger partial charge in [-0.3, -0.25) is 4.79 Å². The SMILES string of the molecule is CCCCOc1ccc(N(CCC(=O)O)CCN(C)C)cc1. The molecule has 1 N–H and O–H groups in total. The van der Waals surface area contributed by atoms with Gasteiger partial charge >= 0.3 is 5.97 Å². The molecule has 1 rings (SSSR count). The fraction of sp³-hybridized carbons (Fsp3) is 0.588. The number of carboxylic acid groups (broad SMARTS) is 1. The summed E-state index contributed by atoms with van der Waals surface area (Å²) in [5.74, 6) is 0.0948. The lowest BCUT2D eigenvalue weighted by molar-refractivity contribution is -0.136. The lowest BCUT2D eigenvalue weighted by Crippen LogP contribution is -2.33. The number of benzene rings is 1. The van der Waals surface area contributed by atoms with Crippen molar-refractivity contribution in [1.82, 2.24) is 4.90 Å². The molecule has 5 heteroatoms. The van der Waals surface area contributed by atoms with Gasteiger partial charge in [0.15, 0.2) is 0 Å².